The van der Waals surface area contributed by atoms with E-state index in [2.05, 4.69) is 50.3 Å². The molecule has 0 bridgehead atoms. The molecule has 68 heavy (non-hydrogen) atoms. The Morgan fingerprint density at radius 2 is 0.882 bits per heavy atom. The Balaban J connectivity index is 2.37. The number of carbonyl (C=O) groups excluding carboxylic acids is 2. The molecule has 0 aromatic rings. The molecule has 0 radical (unpaired) electrons. The van der Waals surface area contributed by atoms with Crippen LogP contribution in [0.3, 0.4) is 0 Å². The molecule has 0 aromatic carbocycles. The van der Waals surface area contributed by atoms with Crippen LogP contribution in [0.4, 0.5) is 0 Å². The van der Waals surface area contributed by atoms with Gasteiger partial charge in [0, 0.05) is 12.8 Å². The van der Waals surface area contributed by atoms with E-state index in [1.165, 1.54) is 148 Å². The SMILES string of the molecule is CCCCCCCC/C=C/C/C=C/C/C=C/CCCC(=O)O[C@H](COC(=O)CCC/C=C/CCCCCCCCCCCCCCCCCCCC)CO[C@H]1O[C@H](CS(=O)(=O)O)[C@@H](O)C(O)C1O. The van der Waals surface area contributed by atoms with E-state index in [-0.39, 0.29) is 19.4 Å². The molecule has 12 nitrogen and oxygen atoms in total. The molecule has 1 saturated heterocycles. The number of aliphatic hydroxyl groups excluding tert-OH is 3. The number of hydrogen-bond acceptors (Lipinski definition) is 11. The molecule has 1 aliphatic heterocycles. The molecular weight excluding hydrogens is 885 g/mol. The highest BCUT2D eigenvalue weighted by Gasteiger charge is 2.46. The summed E-state index contributed by atoms with van der Waals surface area (Å²) < 4.78 is 54.2. The maximum Gasteiger partial charge on any atom is 0.306 e. The Hall–Kier alpha value is -2.39. The molecule has 0 spiro atoms. The summed E-state index contributed by atoms with van der Waals surface area (Å²) in [6.45, 7) is 3.72. The highest BCUT2D eigenvalue weighted by Crippen LogP contribution is 2.24. The van der Waals surface area contributed by atoms with Gasteiger partial charge in [0.05, 0.1) is 6.61 Å². The highest BCUT2D eigenvalue weighted by molar-refractivity contribution is 7.85. The molecule has 0 aliphatic carbocycles. The van der Waals surface area contributed by atoms with Crippen molar-refractivity contribution in [2.45, 2.75) is 269 Å². The molecule has 4 N–H and O–H groups in total. The molecule has 6 atom stereocenters. The van der Waals surface area contributed by atoms with Crippen LogP contribution in [0.1, 0.15) is 232 Å². The Kier molecular flexibility index (Phi) is 41.7. The van der Waals surface area contributed by atoms with E-state index < -0.39 is 71.2 Å². The number of esters is 2. The van der Waals surface area contributed by atoms with Crippen LogP contribution in [0.2, 0.25) is 0 Å². The number of rotatable bonds is 46. The molecule has 13 heteroatoms. The van der Waals surface area contributed by atoms with Crippen LogP contribution in [0, 0.1) is 0 Å². The lowest BCUT2D eigenvalue weighted by atomic mass is 10.00. The van der Waals surface area contributed by atoms with Crippen molar-refractivity contribution in [1.29, 1.82) is 0 Å². The van der Waals surface area contributed by atoms with Crippen molar-refractivity contribution in [3.8, 4) is 0 Å². The van der Waals surface area contributed by atoms with Crippen molar-refractivity contribution in [2.24, 2.45) is 0 Å². The normalized spacial score (nSPS) is 19.5. The third kappa shape index (κ3) is 38.4. The van der Waals surface area contributed by atoms with E-state index in [1.54, 1.807) is 0 Å². The minimum atomic E-state index is -4.62. The molecule has 0 aromatic heterocycles. The molecule has 1 fully saturated rings. The van der Waals surface area contributed by atoms with Crippen molar-refractivity contribution in [1.82, 2.24) is 0 Å². The zero-order valence-corrected chi connectivity index (χ0v) is 43.5. The van der Waals surface area contributed by atoms with Crippen molar-refractivity contribution in [3.05, 3.63) is 48.6 Å². The van der Waals surface area contributed by atoms with E-state index in [9.17, 15) is 37.9 Å². The Morgan fingerprint density at radius 1 is 0.500 bits per heavy atom. The fourth-order valence-corrected chi connectivity index (χ4v) is 8.86. The van der Waals surface area contributed by atoms with Crippen LogP contribution in [0.5, 0.6) is 0 Å². The highest BCUT2D eigenvalue weighted by atomic mass is 32.2. The number of allylic oxidation sites excluding steroid dienone is 8. The second-order valence-electron chi connectivity index (χ2n) is 18.9. The minimum Gasteiger partial charge on any atom is -0.462 e. The molecule has 396 valence electrons. The number of hydrogen-bond donors (Lipinski definition) is 4. The number of unbranched alkanes of at least 4 members (excludes halogenated alkanes) is 26. The van der Waals surface area contributed by atoms with Crippen LogP contribution >= 0.6 is 0 Å². The fourth-order valence-electron chi connectivity index (χ4n) is 8.17. The first-order valence-corrected chi connectivity index (χ1v) is 28.8. The van der Waals surface area contributed by atoms with Crippen molar-refractivity contribution in [3.63, 3.8) is 0 Å². The van der Waals surface area contributed by atoms with Gasteiger partial charge in [-0.25, -0.2) is 0 Å². The first-order valence-electron chi connectivity index (χ1n) is 27.2. The van der Waals surface area contributed by atoms with E-state index in [0.717, 1.165) is 38.5 Å². The van der Waals surface area contributed by atoms with Gasteiger partial charge in [0.2, 0.25) is 0 Å². The fraction of sp³-hybridized carbons (Fsp3) is 0.818. The lowest BCUT2D eigenvalue weighted by Crippen LogP contribution is -2.60. The Morgan fingerprint density at radius 3 is 1.32 bits per heavy atom. The molecular formula is C55H98O12S. The lowest BCUT2D eigenvalue weighted by molar-refractivity contribution is -0.297. The molecule has 0 saturated carbocycles. The smallest absolute Gasteiger partial charge is 0.306 e. The van der Waals surface area contributed by atoms with Crippen LogP contribution in [0.25, 0.3) is 0 Å². The summed E-state index contributed by atoms with van der Waals surface area (Å²) in [6.07, 6.45) is 46.1. The first kappa shape index (κ1) is 63.6. The molecule has 2 unspecified atom stereocenters. The van der Waals surface area contributed by atoms with Crippen LogP contribution in [-0.4, -0.2) is 96.0 Å². The van der Waals surface area contributed by atoms with Crippen molar-refractivity contribution < 1.29 is 56.8 Å². The molecule has 0 amide bonds. The Labute approximate surface area is 413 Å². The zero-order chi connectivity index (χ0) is 49.8. The quantitative estimate of drug-likeness (QED) is 0.0196. The third-order valence-corrected chi connectivity index (χ3v) is 13.1. The van der Waals surface area contributed by atoms with Gasteiger partial charge in [-0.05, 0) is 64.2 Å². The van der Waals surface area contributed by atoms with Gasteiger partial charge < -0.3 is 34.3 Å². The molecule has 1 rings (SSSR count). The zero-order valence-electron chi connectivity index (χ0n) is 42.7. The predicted molar refractivity (Wildman–Crippen MR) is 275 cm³/mol. The second kappa shape index (κ2) is 44.5. The summed E-state index contributed by atoms with van der Waals surface area (Å²) in [7, 11) is -4.62. The van der Waals surface area contributed by atoms with E-state index >= 15 is 0 Å². The number of carbonyl (C=O) groups is 2. The number of ether oxygens (including phenoxy) is 4. The average molecular weight is 983 g/mol. The van der Waals surface area contributed by atoms with E-state index in [1.807, 2.05) is 12.2 Å². The van der Waals surface area contributed by atoms with Gasteiger partial charge >= 0.3 is 11.9 Å². The van der Waals surface area contributed by atoms with Crippen LogP contribution in [-0.2, 0) is 38.7 Å². The lowest BCUT2D eigenvalue weighted by Gasteiger charge is -2.40. The summed E-state index contributed by atoms with van der Waals surface area (Å²) >= 11 is 0. The third-order valence-electron chi connectivity index (χ3n) is 12.4. The van der Waals surface area contributed by atoms with Crippen LogP contribution in [0.15, 0.2) is 48.6 Å². The first-order chi connectivity index (χ1) is 33.0. The standard InChI is InChI=1S/C55H98O12S/c1-3-5-7-9-11-13-15-17-19-21-22-23-24-25-26-28-29-31-33-35-37-39-41-43-50(56)64-45-48(46-65-55-54(60)53(59)52(58)49(67-55)47-68(61,62)63)66-51(57)44-42-40-38-36-34-32-30-27-20-18-16-14-12-10-8-6-4-2/h18,20,30,32,35-38,48-49,52-55,58-60H,3-17,19,21-29,31,33-34,39-47H2,1-2H3,(H,61,62,63)/b20-18+,32-30+,37-35+,38-36+/t48-,49-,52-,53?,54?,55+/m1/s1. The summed E-state index contributed by atoms with van der Waals surface area (Å²) in [6, 6.07) is 0. The van der Waals surface area contributed by atoms with Crippen molar-refractivity contribution >= 4 is 22.1 Å². The monoisotopic (exact) mass is 983 g/mol. The van der Waals surface area contributed by atoms with E-state index in [4.69, 9.17) is 18.9 Å². The second-order valence-corrected chi connectivity index (χ2v) is 20.4. The van der Waals surface area contributed by atoms with Gasteiger partial charge in [-0.2, -0.15) is 8.42 Å². The molecule has 1 heterocycles. The van der Waals surface area contributed by atoms with Gasteiger partial charge in [0.25, 0.3) is 10.1 Å². The van der Waals surface area contributed by atoms with Crippen molar-refractivity contribution in [2.75, 3.05) is 19.0 Å². The summed E-state index contributed by atoms with van der Waals surface area (Å²) in [4.78, 5) is 25.5. The topological polar surface area (TPSA) is 186 Å². The summed E-state index contributed by atoms with van der Waals surface area (Å²) in [5.74, 6) is -2.09. The van der Waals surface area contributed by atoms with Gasteiger partial charge in [0.15, 0.2) is 12.4 Å². The summed E-state index contributed by atoms with van der Waals surface area (Å²) in [5.41, 5.74) is 0. The predicted octanol–water partition coefficient (Wildman–Crippen LogP) is 12.7. The number of aliphatic hydroxyl groups is 3. The summed E-state index contributed by atoms with van der Waals surface area (Å²) in [5, 5.41) is 31.0. The van der Waals surface area contributed by atoms with Gasteiger partial charge in [0.1, 0.15) is 36.8 Å². The van der Waals surface area contributed by atoms with E-state index in [0.29, 0.717) is 19.3 Å². The maximum absolute atomic E-state index is 12.8. The van der Waals surface area contributed by atoms with Crippen LogP contribution < -0.4 is 0 Å². The molecule has 1 aliphatic rings. The van der Waals surface area contributed by atoms with Gasteiger partial charge in [-0.1, -0.05) is 204 Å². The largest absolute Gasteiger partial charge is 0.462 e. The average Bonchev–Trinajstić information content (AvgIpc) is 3.31. The maximum atomic E-state index is 12.8. The van der Waals surface area contributed by atoms with Gasteiger partial charge in [-0.15, -0.1) is 0 Å². The Bertz CT molecular complexity index is 1430. The minimum absolute atomic E-state index is 0.0871. The van der Waals surface area contributed by atoms with Gasteiger partial charge in [-0.3, -0.25) is 14.1 Å².